The minimum atomic E-state index is -0.956. The van der Waals surface area contributed by atoms with Gasteiger partial charge in [-0.2, -0.15) is 0 Å². The van der Waals surface area contributed by atoms with E-state index in [0.29, 0.717) is 12.8 Å². The first-order valence-corrected chi connectivity index (χ1v) is 3.54. The largest absolute Gasteiger partial charge is 0.480 e. The number of halogens is 1. The van der Waals surface area contributed by atoms with Crippen molar-refractivity contribution >= 4 is 28.0 Å². The van der Waals surface area contributed by atoms with E-state index in [2.05, 4.69) is 16.1 Å². The van der Waals surface area contributed by atoms with Crippen LogP contribution in [-0.4, -0.2) is 27.0 Å². The molecule has 1 fully saturated rings. The SMILES string of the molecule is O=C(O)[C@@H]1CCC(=O)N1Br. The second kappa shape index (κ2) is 2.57. The molecule has 1 rings (SSSR count). The third-order valence-electron chi connectivity index (χ3n) is 1.43. The van der Waals surface area contributed by atoms with Gasteiger partial charge in [-0.05, 0) is 6.42 Å². The quantitative estimate of drug-likeness (QED) is 0.633. The number of rotatable bonds is 1. The molecule has 1 heterocycles. The van der Waals surface area contributed by atoms with Gasteiger partial charge in [0.1, 0.15) is 6.04 Å². The smallest absolute Gasteiger partial charge is 0.327 e. The first kappa shape index (κ1) is 7.53. The first-order valence-electron chi connectivity index (χ1n) is 2.83. The molecule has 0 aliphatic carbocycles. The number of aliphatic carboxylic acids is 1. The van der Waals surface area contributed by atoms with Crippen molar-refractivity contribution in [3.63, 3.8) is 0 Å². The molecule has 56 valence electrons. The summed E-state index contributed by atoms with van der Waals surface area (Å²) in [5.74, 6) is -1.12. The Hall–Kier alpha value is -0.580. The predicted molar refractivity (Wildman–Crippen MR) is 36.4 cm³/mol. The highest BCUT2D eigenvalue weighted by atomic mass is 79.9. The lowest BCUT2D eigenvalue weighted by atomic mass is 10.2. The number of carbonyl (C=O) groups is 2. The fraction of sp³-hybridized carbons (Fsp3) is 0.600. The van der Waals surface area contributed by atoms with Crippen molar-refractivity contribution in [2.45, 2.75) is 18.9 Å². The molecule has 1 saturated heterocycles. The Labute approximate surface area is 66.1 Å². The van der Waals surface area contributed by atoms with Crippen molar-refractivity contribution in [2.24, 2.45) is 0 Å². The van der Waals surface area contributed by atoms with Gasteiger partial charge in [0, 0.05) is 6.42 Å². The number of nitrogens with zero attached hydrogens (tertiary/aromatic N) is 1. The molecule has 0 aromatic carbocycles. The van der Waals surface area contributed by atoms with Gasteiger partial charge in [-0.3, -0.25) is 8.72 Å². The standard InChI is InChI=1S/C5H6BrNO3/c6-7-3(5(9)10)1-2-4(7)8/h3H,1-2H2,(H,9,10)/t3-/m0/s1. The van der Waals surface area contributed by atoms with Crippen LogP contribution in [-0.2, 0) is 9.59 Å². The van der Waals surface area contributed by atoms with Gasteiger partial charge in [0.15, 0.2) is 0 Å². The van der Waals surface area contributed by atoms with Crippen LogP contribution in [0, 0.1) is 0 Å². The van der Waals surface area contributed by atoms with Crippen LogP contribution >= 0.6 is 16.1 Å². The predicted octanol–water partition coefficient (Wildman–Crippen LogP) is 0.372. The number of carboxylic acid groups (broad SMARTS) is 1. The Morgan fingerprint density at radius 1 is 1.80 bits per heavy atom. The average Bonchev–Trinajstić information content (AvgIpc) is 2.14. The zero-order valence-electron chi connectivity index (χ0n) is 5.08. The number of carbonyl (C=O) groups excluding carboxylic acids is 1. The van der Waals surface area contributed by atoms with Crippen LogP contribution in [0.3, 0.4) is 0 Å². The fourth-order valence-corrected chi connectivity index (χ4v) is 1.43. The number of carboxylic acids is 1. The van der Waals surface area contributed by atoms with Gasteiger partial charge in [-0.15, -0.1) is 0 Å². The van der Waals surface area contributed by atoms with E-state index >= 15 is 0 Å². The molecular formula is C5H6BrNO3. The maximum Gasteiger partial charge on any atom is 0.327 e. The van der Waals surface area contributed by atoms with Crippen LogP contribution < -0.4 is 0 Å². The Kier molecular flexibility index (Phi) is 1.94. The average molecular weight is 208 g/mol. The second-order valence-corrected chi connectivity index (χ2v) is 2.86. The second-order valence-electron chi connectivity index (χ2n) is 2.10. The minimum absolute atomic E-state index is 0.160. The van der Waals surface area contributed by atoms with Crippen molar-refractivity contribution in [3.05, 3.63) is 0 Å². The molecule has 4 nitrogen and oxygen atoms in total. The summed E-state index contributed by atoms with van der Waals surface area (Å²) in [5.41, 5.74) is 0. The molecule has 0 aromatic heterocycles. The summed E-state index contributed by atoms with van der Waals surface area (Å²) in [4.78, 5) is 21.0. The van der Waals surface area contributed by atoms with E-state index < -0.39 is 12.0 Å². The van der Waals surface area contributed by atoms with Crippen molar-refractivity contribution in [3.8, 4) is 0 Å². The highest BCUT2D eigenvalue weighted by molar-refractivity contribution is 9.07. The molecule has 0 saturated carbocycles. The number of amides is 1. The topological polar surface area (TPSA) is 57.6 Å². The summed E-state index contributed by atoms with van der Waals surface area (Å²) < 4.78 is 1.09. The molecule has 0 radical (unpaired) electrons. The van der Waals surface area contributed by atoms with Gasteiger partial charge >= 0.3 is 5.97 Å². The third-order valence-corrected chi connectivity index (χ3v) is 2.32. The maximum atomic E-state index is 10.7. The Balaban J connectivity index is 2.66. The van der Waals surface area contributed by atoms with Gasteiger partial charge < -0.3 is 5.11 Å². The molecule has 1 aliphatic heterocycles. The number of hydrogen-bond acceptors (Lipinski definition) is 2. The van der Waals surface area contributed by atoms with Crippen molar-refractivity contribution in [2.75, 3.05) is 0 Å². The van der Waals surface area contributed by atoms with Crippen LogP contribution in [0.25, 0.3) is 0 Å². The molecular weight excluding hydrogens is 202 g/mol. The Morgan fingerprint density at radius 2 is 2.40 bits per heavy atom. The molecule has 1 atom stereocenters. The van der Waals surface area contributed by atoms with E-state index in [-0.39, 0.29) is 5.91 Å². The number of hydrogen-bond donors (Lipinski definition) is 1. The summed E-state index contributed by atoms with van der Waals surface area (Å²) in [7, 11) is 0. The highest BCUT2D eigenvalue weighted by Gasteiger charge is 2.34. The molecule has 0 spiro atoms. The van der Waals surface area contributed by atoms with Crippen molar-refractivity contribution < 1.29 is 14.7 Å². The molecule has 1 N–H and O–H groups in total. The lowest BCUT2D eigenvalue weighted by Crippen LogP contribution is -2.30. The lowest BCUT2D eigenvalue weighted by molar-refractivity contribution is -0.142. The van der Waals surface area contributed by atoms with E-state index in [1.807, 2.05) is 0 Å². The van der Waals surface area contributed by atoms with Crippen molar-refractivity contribution in [1.29, 1.82) is 0 Å². The monoisotopic (exact) mass is 207 g/mol. The summed E-state index contributed by atoms with van der Waals surface area (Å²) in [5, 5.41) is 8.48. The van der Waals surface area contributed by atoms with E-state index in [9.17, 15) is 9.59 Å². The molecule has 0 bridgehead atoms. The van der Waals surface area contributed by atoms with E-state index in [1.165, 1.54) is 0 Å². The molecule has 10 heavy (non-hydrogen) atoms. The van der Waals surface area contributed by atoms with Gasteiger partial charge in [-0.1, -0.05) is 0 Å². The third kappa shape index (κ3) is 1.13. The van der Waals surface area contributed by atoms with Crippen LogP contribution in [0.4, 0.5) is 0 Å². The maximum absolute atomic E-state index is 10.7. The summed E-state index contributed by atoms with van der Waals surface area (Å²) >= 11 is 2.87. The first-order chi connectivity index (χ1) is 4.63. The van der Waals surface area contributed by atoms with E-state index in [4.69, 9.17) is 5.11 Å². The van der Waals surface area contributed by atoms with Crippen LogP contribution in [0.15, 0.2) is 0 Å². The molecule has 1 amide bonds. The molecule has 0 aromatic rings. The molecule has 5 heteroatoms. The van der Waals surface area contributed by atoms with E-state index in [1.54, 1.807) is 0 Å². The lowest BCUT2D eigenvalue weighted by Gasteiger charge is -2.10. The minimum Gasteiger partial charge on any atom is -0.480 e. The normalized spacial score (nSPS) is 25.5. The van der Waals surface area contributed by atoms with Crippen LogP contribution in [0.1, 0.15) is 12.8 Å². The zero-order valence-corrected chi connectivity index (χ0v) is 6.67. The van der Waals surface area contributed by atoms with Gasteiger partial charge in [0.05, 0.1) is 16.1 Å². The fourth-order valence-electron chi connectivity index (χ4n) is 0.875. The van der Waals surface area contributed by atoms with Gasteiger partial charge in [0.25, 0.3) is 0 Å². The summed E-state index contributed by atoms with van der Waals surface area (Å²) in [6.07, 6.45) is 0.724. The Morgan fingerprint density at radius 3 is 2.60 bits per heavy atom. The summed E-state index contributed by atoms with van der Waals surface area (Å²) in [6, 6.07) is -0.674. The Bertz CT molecular complexity index is 182. The summed E-state index contributed by atoms with van der Waals surface area (Å²) in [6.45, 7) is 0. The van der Waals surface area contributed by atoms with E-state index in [0.717, 1.165) is 3.93 Å². The van der Waals surface area contributed by atoms with Crippen LogP contribution in [0.5, 0.6) is 0 Å². The van der Waals surface area contributed by atoms with Gasteiger partial charge in [-0.25, -0.2) is 4.79 Å². The highest BCUT2D eigenvalue weighted by Crippen LogP contribution is 2.21. The zero-order chi connectivity index (χ0) is 7.72. The molecule has 1 aliphatic rings. The molecule has 0 unspecified atom stereocenters. The van der Waals surface area contributed by atoms with Crippen molar-refractivity contribution in [1.82, 2.24) is 3.93 Å². The van der Waals surface area contributed by atoms with Gasteiger partial charge in [0.2, 0.25) is 5.91 Å². The van der Waals surface area contributed by atoms with Crippen LogP contribution in [0.2, 0.25) is 0 Å².